The van der Waals surface area contributed by atoms with Crippen molar-refractivity contribution in [2.24, 2.45) is 11.8 Å². The fraction of sp³-hybridized carbons (Fsp3) is 0.529. The number of hydrogen-bond donors (Lipinski definition) is 2. The number of anilines is 1. The van der Waals surface area contributed by atoms with Crippen molar-refractivity contribution in [3.05, 3.63) is 28.8 Å². The van der Waals surface area contributed by atoms with Gasteiger partial charge in [0.05, 0.1) is 5.56 Å². The van der Waals surface area contributed by atoms with Gasteiger partial charge in [0.2, 0.25) is 5.91 Å². The van der Waals surface area contributed by atoms with Crippen molar-refractivity contribution >= 4 is 17.6 Å². The molecule has 1 unspecified atom stereocenters. The van der Waals surface area contributed by atoms with Crippen LogP contribution in [0.25, 0.3) is 0 Å². The molecule has 1 fully saturated rings. The van der Waals surface area contributed by atoms with Crippen LogP contribution < -0.4 is 5.32 Å². The average molecular weight is 305 g/mol. The molecule has 1 aromatic rings. The molecule has 0 spiro atoms. The third-order valence-electron chi connectivity index (χ3n) is 4.45. The summed E-state index contributed by atoms with van der Waals surface area (Å²) in [6.07, 6.45) is 1.78. The lowest BCUT2D eigenvalue weighted by Crippen LogP contribution is -2.31. The molecule has 1 atom stereocenters. The lowest BCUT2D eigenvalue weighted by Gasteiger charge is -2.27. The van der Waals surface area contributed by atoms with Gasteiger partial charge in [-0.1, -0.05) is 13.0 Å². The molecule has 0 aliphatic carbocycles. The number of nitrogens with one attached hydrogen (secondary N) is 1. The number of aromatic carboxylic acids is 1. The molecule has 5 heteroatoms. The second-order valence-electron chi connectivity index (χ2n) is 6.01. The summed E-state index contributed by atoms with van der Waals surface area (Å²) in [5.41, 5.74) is 2.36. The smallest absolute Gasteiger partial charge is 0.336 e. The Bertz CT molecular complexity index is 576. The van der Waals surface area contributed by atoms with E-state index in [9.17, 15) is 14.7 Å². The number of carbonyl (C=O) groups is 2. The summed E-state index contributed by atoms with van der Waals surface area (Å²) in [5.74, 6) is -0.836. The minimum atomic E-state index is -0.981. The van der Waals surface area contributed by atoms with Gasteiger partial charge in [-0.05, 0) is 49.8 Å². The summed E-state index contributed by atoms with van der Waals surface area (Å²) in [4.78, 5) is 23.7. The van der Waals surface area contributed by atoms with Crippen molar-refractivity contribution < 1.29 is 19.4 Å². The van der Waals surface area contributed by atoms with Gasteiger partial charge in [0.25, 0.3) is 0 Å². The van der Waals surface area contributed by atoms with Crippen molar-refractivity contribution in [1.29, 1.82) is 0 Å². The fourth-order valence-electron chi connectivity index (χ4n) is 2.89. The minimum absolute atomic E-state index is 0.0600. The molecule has 1 heterocycles. The Kier molecular flexibility index (Phi) is 5.19. The van der Waals surface area contributed by atoms with Gasteiger partial charge < -0.3 is 15.2 Å². The van der Waals surface area contributed by atoms with E-state index < -0.39 is 5.97 Å². The molecule has 2 rings (SSSR count). The van der Waals surface area contributed by atoms with Crippen LogP contribution in [0.1, 0.15) is 41.3 Å². The Labute approximate surface area is 130 Å². The molecule has 1 aromatic carbocycles. The average Bonchev–Trinajstić information content (AvgIpc) is 2.49. The molecule has 22 heavy (non-hydrogen) atoms. The van der Waals surface area contributed by atoms with Crippen LogP contribution in [0.15, 0.2) is 12.1 Å². The topological polar surface area (TPSA) is 75.6 Å². The van der Waals surface area contributed by atoms with Crippen LogP contribution in [0.3, 0.4) is 0 Å². The van der Waals surface area contributed by atoms with E-state index in [-0.39, 0.29) is 17.4 Å². The molecule has 5 nitrogen and oxygen atoms in total. The first-order chi connectivity index (χ1) is 10.4. The van der Waals surface area contributed by atoms with Gasteiger partial charge in [-0.2, -0.15) is 0 Å². The first-order valence-electron chi connectivity index (χ1n) is 7.63. The van der Waals surface area contributed by atoms with Crippen molar-refractivity contribution in [3.63, 3.8) is 0 Å². The zero-order chi connectivity index (χ0) is 16.3. The molecule has 2 N–H and O–H groups in total. The molecule has 1 aliphatic heterocycles. The molecule has 0 radical (unpaired) electrons. The highest BCUT2D eigenvalue weighted by Gasteiger charge is 2.26. The Morgan fingerprint density at radius 1 is 1.23 bits per heavy atom. The highest BCUT2D eigenvalue weighted by atomic mass is 16.5. The Morgan fingerprint density at radius 2 is 1.86 bits per heavy atom. The van der Waals surface area contributed by atoms with Gasteiger partial charge in [0, 0.05) is 24.8 Å². The van der Waals surface area contributed by atoms with Gasteiger partial charge in [-0.15, -0.1) is 0 Å². The quantitative estimate of drug-likeness (QED) is 0.896. The van der Waals surface area contributed by atoms with Crippen LogP contribution in [-0.2, 0) is 9.53 Å². The van der Waals surface area contributed by atoms with Gasteiger partial charge >= 0.3 is 5.97 Å². The lowest BCUT2D eigenvalue weighted by atomic mass is 9.86. The predicted molar refractivity (Wildman–Crippen MR) is 84.2 cm³/mol. The van der Waals surface area contributed by atoms with E-state index >= 15 is 0 Å². The summed E-state index contributed by atoms with van der Waals surface area (Å²) in [6.45, 7) is 6.96. The Hall–Kier alpha value is -1.88. The van der Waals surface area contributed by atoms with Crippen LogP contribution in [0.2, 0.25) is 0 Å². The number of amides is 1. The molecule has 0 aromatic heterocycles. The monoisotopic (exact) mass is 305 g/mol. The summed E-state index contributed by atoms with van der Waals surface area (Å²) in [7, 11) is 0. The number of carboxylic acid groups (broad SMARTS) is 1. The number of hydrogen-bond acceptors (Lipinski definition) is 3. The van der Waals surface area contributed by atoms with Crippen molar-refractivity contribution in [3.8, 4) is 0 Å². The summed E-state index contributed by atoms with van der Waals surface area (Å²) >= 11 is 0. The van der Waals surface area contributed by atoms with Crippen molar-refractivity contribution in [2.45, 2.75) is 33.6 Å². The minimum Gasteiger partial charge on any atom is -0.478 e. The third kappa shape index (κ3) is 3.65. The normalized spacial score (nSPS) is 17.0. The molecule has 1 saturated heterocycles. The first-order valence-corrected chi connectivity index (χ1v) is 7.63. The lowest BCUT2D eigenvalue weighted by molar-refractivity contribution is -0.122. The van der Waals surface area contributed by atoms with E-state index in [2.05, 4.69) is 5.32 Å². The second-order valence-corrected chi connectivity index (χ2v) is 6.01. The van der Waals surface area contributed by atoms with Crippen LogP contribution in [0, 0.1) is 25.7 Å². The largest absolute Gasteiger partial charge is 0.478 e. The van der Waals surface area contributed by atoms with Gasteiger partial charge in [-0.25, -0.2) is 4.79 Å². The summed E-state index contributed by atoms with van der Waals surface area (Å²) in [5, 5.41) is 12.1. The molecule has 0 bridgehead atoms. The van der Waals surface area contributed by atoms with E-state index in [1.165, 1.54) is 0 Å². The van der Waals surface area contributed by atoms with Crippen molar-refractivity contribution in [2.75, 3.05) is 18.5 Å². The molecular formula is C17H23NO4. The number of carbonyl (C=O) groups excluding carboxylic acids is 1. The number of rotatable bonds is 4. The number of benzene rings is 1. The SMILES string of the molecule is Cc1cc(C)c(C(=O)O)cc1NC(=O)C(C)C1CCOCC1. The third-order valence-corrected chi connectivity index (χ3v) is 4.45. The molecule has 0 saturated carbocycles. The van der Waals surface area contributed by atoms with E-state index in [0.29, 0.717) is 30.4 Å². The number of ether oxygens (including phenoxy) is 1. The van der Waals surface area contributed by atoms with Gasteiger partial charge in [0.15, 0.2) is 0 Å². The maximum atomic E-state index is 12.4. The predicted octanol–water partition coefficient (Wildman–Crippen LogP) is 3.00. The van der Waals surface area contributed by atoms with Gasteiger partial charge in [0.1, 0.15) is 0 Å². The summed E-state index contributed by atoms with van der Waals surface area (Å²) < 4.78 is 5.33. The maximum Gasteiger partial charge on any atom is 0.336 e. The van der Waals surface area contributed by atoms with E-state index in [1.807, 2.05) is 13.8 Å². The molecule has 1 aliphatic rings. The molecule has 1 amide bonds. The Morgan fingerprint density at radius 3 is 2.45 bits per heavy atom. The zero-order valence-electron chi connectivity index (χ0n) is 13.3. The number of aryl methyl sites for hydroxylation is 2. The summed E-state index contributed by atoms with van der Waals surface area (Å²) in [6, 6.07) is 3.33. The maximum absolute atomic E-state index is 12.4. The highest BCUT2D eigenvalue weighted by Crippen LogP contribution is 2.26. The van der Waals surface area contributed by atoms with Gasteiger partial charge in [-0.3, -0.25) is 4.79 Å². The Balaban J connectivity index is 2.13. The van der Waals surface area contributed by atoms with Crippen LogP contribution in [0.5, 0.6) is 0 Å². The van der Waals surface area contributed by atoms with Crippen LogP contribution >= 0.6 is 0 Å². The number of carboxylic acids is 1. The van der Waals surface area contributed by atoms with E-state index in [0.717, 1.165) is 18.4 Å². The van der Waals surface area contributed by atoms with Crippen LogP contribution in [0.4, 0.5) is 5.69 Å². The fourth-order valence-corrected chi connectivity index (χ4v) is 2.89. The molecular weight excluding hydrogens is 282 g/mol. The highest BCUT2D eigenvalue weighted by molar-refractivity contribution is 5.96. The van der Waals surface area contributed by atoms with E-state index in [4.69, 9.17) is 4.74 Å². The molecule has 120 valence electrons. The first kappa shape index (κ1) is 16.5. The second kappa shape index (κ2) is 6.92. The standard InChI is InChI=1S/C17H23NO4/c1-10-8-11(2)15(9-14(10)17(20)21)18-16(19)12(3)13-4-6-22-7-5-13/h8-9,12-13H,4-7H2,1-3H3,(H,18,19)(H,20,21). The van der Waals surface area contributed by atoms with Crippen LogP contribution in [-0.4, -0.2) is 30.2 Å². The zero-order valence-corrected chi connectivity index (χ0v) is 13.3. The van der Waals surface area contributed by atoms with E-state index in [1.54, 1.807) is 19.1 Å². The van der Waals surface area contributed by atoms with Crippen molar-refractivity contribution in [1.82, 2.24) is 0 Å².